The van der Waals surface area contributed by atoms with Crippen LogP contribution in [0.4, 0.5) is 0 Å². The second-order valence-electron chi connectivity index (χ2n) is 5.81. The summed E-state index contributed by atoms with van der Waals surface area (Å²) in [5.41, 5.74) is 0.511. The van der Waals surface area contributed by atoms with E-state index >= 15 is 0 Å². The van der Waals surface area contributed by atoms with Crippen molar-refractivity contribution in [3.63, 3.8) is 0 Å². The van der Waals surface area contributed by atoms with Crippen LogP contribution in [0.3, 0.4) is 0 Å². The largest absolute Gasteiger partial charge is 0.390 e. The van der Waals surface area contributed by atoms with Gasteiger partial charge < -0.3 is 10.0 Å². The minimum absolute atomic E-state index is 0.0965. The summed E-state index contributed by atoms with van der Waals surface area (Å²) in [7, 11) is 2.15. The molecule has 17 heavy (non-hydrogen) atoms. The Morgan fingerprint density at radius 1 is 1.12 bits per heavy atom. The van der Waals surface area contributed by atoms with Crippen LogP contribution in [-0.4, -0.2) is 35.7 Å². The lowest BCUT2D eigenvalue weighted by molar-refractivity contribution is -0.0361. The molecule has 1 aliphatic rings. The molecule has 94 valence electrons. The van der Waals surface area contributed by atoms with Gasteiger partial charge in [0.05, 0.1) is 5.60 Å². The summed E-state index contributed by atoms with van der Waals surface area (Å²) in [6.45, 7) is 6.01. The monoisotopic (exact) mass is 233 g/mol. The Balaban J connectivity index is 2.39. The van der Waals surface area contributed by atoms with Crippen molar-refractivity contribution >= 4 is 0 Å². The predicted octanol–water partition coefficient (Wildman–Crippen LogP) is 2.42. The molecule has 0 aliphatic carbocycles. The quantitative estimate of drug-likeness (QED) is 0.848. The maximum absolute atomic E-state index is 10.6. The average Bonchev–Trinajstić information content (AvgIpc) is 2.30. The summed E-state index contributed by atoms with van der Waals surface area (Å²) in [6, 6.07) is 10.5. The van der Waals surface area contributed by atoms with Crippen LogP contribution >= 0.6 is 0 Å². The van der Waals surface area contributed by atoms with Gasteiger partial charge in [-0.3, -0.25) is 0 Å². The van der Waals surface area contributed by atoms with Crippen LogP contribution < -0.4 is 0 Å². The Hall–Kier alpha value is -0.860. The average molecular weight is 233 g/mol. The molecule has 0 unspecified atom stereocenters. The summed E-state index contributed by atoms with van der Waals surface area (Å²) >= 11 is 0. The second-order valence-corrected chi connectivity index (χ2v) is 5.81. The second kappa shape index (κ2) is 4.43. The van der Waals surface area contributed by atoms with Gasteiger partial charge in [-0.05, 0) is 52.4 Å². The summed E-state index contributed by atoms with van der Waals surface area (Å²) in [5.74, 6) is 0. The maximum Gasteiger partial charge on any atom is 0.0688 e. The first-order valence-electron chi connectivity index (χ1n) is 6.42. The van der Waals surface area contributed by atoms with Crippen molar-refractivity contribution in [2.24, 2.45) is 0 Å². The molecule has 1 aromatic rings. The van der Waals surface area contributed by atoms with Gasteiger partial charge in [-0.2, -0.15) is 0 Å². The first-order valence-corrected chi connectivity index (χ1v) is 6.42. The number of hydrogen-bond acceptors (Lipinski definition) is 2. The summed E-state index contributed by atoms with van der Waals surface area (Å²) in [5, 5.41) is 10.6. The molecule has 1 aromatic carbocycles. The summed E-state index contributed by atoms with van der Waals surface area (Å²) < 4.78 is 0. The van der Waals surface area contributed by atoms with Crippen LogP contribution in [0.15, 0.2) is 30.3 Å². The molecule has 1 saturated heterocycles. The molecule has 1 N–H and O–H groups in total. The first kappa shape index (κ1) is 12.6. The Bertz CT molecular complexity index is 358. The van der Waals surface area contributed by atoms with Gasteiger partial charge >= 0.3 is 0 Å². The third-order valence-electron chi connectivity index (χ3n) is 4.34. The SMILES string of the molecule is CN1CCC(c2ccccc2)(C(C)(C)O)CC1. The van der Waals surface area contributed by atoms with Crippen molar-refractivity contribution in [2.45, 2.75) is 37.7 Å². The number of benzene rings is 1. The number of hydrogen-bond donors (Lipinski definition) is 1. The first-order chi connectivity index (χ1) is 7.96. The highest BCUT2D eigenvalue weighted by molar-refractivity contribution is 5.30. The lowest BCUT2D eigenvalue weighted by atomic mass is 9.63. The van der Waals surface area contributed by atoms with Gasteiger partial charge in [-0.1, -0.05) is 30.3 Å². The molecule has 0 radical (unpaired) electrons. The summed E-state index contributed by atoms with van der Waals surface area (Å²) in [4.78, 5) is 2.34. The van der Waals surface area contributed by atoms with Gasteiger partial charge in [0.1, 0.15) is 0 Å². The van der Waals surface area contributed by atoms with Crippen molar-refractivity contribution < 1.29 is 5.11 Å². The van der Waals surface area contributed by atoms with E-state index in [1.165, 1.54) is 5.56 Å². The molecule has 0 aromatic heterocycles. The predicted molar refractivity (Wildman–Crippen MR) is 71.1 cm³/mol. The fourth-order valence-electron chi connectivity index (χ4n) is 3.01. The topological polar surface area (TPSA) is 23.5 Å². The van der Waals surface area contributed by atoms with E-state index in [1.807, 2.05) is 19.9 Å². The van der Waals surface area contributed by atoms with E-state index in [-0.39, 0.29) is 5.41 Å². The molecule has 2 heteroatoms. The van der Waals surface area contributed by atoms with E-state index in [2.05, 4.69) is 36.2 Å². The standard InChI is InChI=1S/C15H23NO/c1-14(2,17)15(9-11-16(3)12-10-15)13-7-5-4-6-8-13/h4-8,17H,9-12H2,1-3H3. The van der Waals surface area contributed by atoms with Crippen LogP contribution in [0.25, 0.3) is 0 Å². The highest BCUT2D eigenvalue weighted by Crippen LogP contribution is 2.43. The van der Waals surface area contributed by atoms with Crippen LogP contribution in [0, 0.1) is 0 Å². The van der Waals surface area contributed by atoms with Crippen LogP contribution in [0.1, 0.15) is 32.3 Å². The fraction of sp³-hybridized carbons (Fsp3) is 0.600. The van der Waals surface area contributed by atoms with Crippen molar-refractivity contribution in [3.8, 4) is 0 Å². The zero-order valence-electron chi connectivity index (χ0n) is 11.1. The van der Waals surface area contributed by atoms with Crippen molar-refractivity contribution in [3.05, 3.63) is 35.9 Å². The molecule has 0 saturated carbocycles. The van der Waals surface area contributed by atoms with Crippen LogP contribution in [-0.2, 0) is 5.41 Å². The van der Waals surface area contributed by atoms with E-state index in [4.69, 9.17) is 0 Å². The highest BCUT2D eigenvalue weighted by Gasteiger charge is 2.46. The fourth-order valence-corrected chi connectivity index (χ4v) is 3.01. The molecule has 0 atom stereocenters. The molecule has 1 fully saturated rings. The van der Waals surface area contributed by atoms with Gasteiger partial charge in [0, 0.05) is 5.41 Å². The van der Waals surface area contributed by atoms with E-state index in [0.717, 1.165) is 25.9 Å². The van der Waals surface area contributed by atoms with Crippen molar-refractivity contribution in [1.29, 1.82) is 0 Å². The molecule has 0 amide bonds. The summed E-state index contributed by atoms with van der Waals surface area (Å²) in [6.07, 6.45) is 2.05. The minimum atomic E-state index is -0.671. The number of nitrogens with zero attached hydrogens (tertiary/aromatic N) is 1. The third kappa shape index (κ3) is 2.24. The molecule has 2 rings (SSSR count). The number of piperidine rings is 1. The Morgan fingerprint density at radius 2 is 1.65 bits per heavy atom. The molecule has 2 nitrogen and oxygen atoms in total. The van der Waals surface area contributed by atoms with Gasteiger partial charge in [-0.15, -0.1) is 0 Å². The zero-order chi connectivity index (χ0) is 12.5. The molecule has 0 spiro atoms. The molecule has 1 aliphatic heterocycles. The third-order valence-corrected chi connectivity index (χ3v) is 4.34. The van der Waals surface area contributed by atoms with Crippen LogP contribution in [0.2, 0.25) is 0 Å². The number of aliphatic hydroxyl groups is 1. The Labute approximate surface area is 104 Å². The van der Waals surface area contributed by atoms with Gasteiger partial charge in [0.15, 0.2) is 0 Å². The Morgan fingerprint density at radius 3 is 2.12 bits per heavy atom. The maximum atomic E-state index is 10.6. The number of rotatable bonds is 2. The van der Waals surface area contributed by atoms with E-state index in [1.54, 1.807) is 0 Å². The van der Waals surface area contributed by atoms with Gasteiger partial charge in [-0.25, -0.2) is 0 Å². The highest BCUT2D eigenvalue weighted by atomic mass is 16.3. The minimum Gasteiger partial charge on any atom is -0.390 e. The molecular formula is C15H23NO. The Kier molecular flexibility index (Phi) is 3.28. The molecule has 0 bridgehead atoms. The zero-order valence-corrected chi connectivity index (χ0v) is 11.1. The van der Waals surface area contributed by atoms with E-state index in [0.29, 0.717) is 0 Å². The van der Waals surface area contributed by atoms with Crippen molar-refractivity contribution in [1.82, 2.24) is 4.90 Å². The molecule has 1 heterocycles. The molecular weight excluding hydrogens is 210 g/mol. The number of likely N-dealkylation sites (tertiary alicyclic amines) is 1. The smallest absolute Gasteiger partial charge is 0.0688 e. The van der Waals surface area contributed by atoms with Crippen LogP contribution in [0.5, 0.6) is 0 Å². The van der Waals surface area contributed by atoms with Gasteiger partial charge in [0.25, 0.3) is 0 Å². The van der Waals surface area contributed by atoms with E-state index < -0.39 is 5.60 Å². The normalized spacial score (nSPS) is 21.4. The van der Waals surface area contributed by atoms with E-state index in [9.17, 15) is 5.11 Å². The van der Waals surface area contributed by atoms with Crippen molar-refractivity contribution in [2.75, 3.05) is 20.1 Å². The lowest BCUT2D eigenvalue weighted by Crippen LogP contribution is -2.53. The lowest BCUT2D eigenvalue weighted by Gasteiger charge is -2.48. The van der Waals surface area contributed by atoms with Gasteiger partial charge in [0.2, 0.25) is 0 Å².